The Hall–Kier alpha value is -2.88. The molecule has 29 heavy (non-hydrogen) atoms. The number of primary amides is 1. The number of hydrogen-bond acceptors (Lipinski definition) is 5. The van der Waals surface area contributed by atoms with Gasteiger partial charge in [-0.15, -0.1) is 0 Å². The van der Waals surface area contributed by atoms with Crippen molar-refractivity contribution in [2.75, 3.05) is 0 Å². The van der Waals surface area contributed by atoms with Gasteiger partial charge in [-0.1, -0.05) is 22.8 Å². The lowest BCUT2D eigenvalue weighted by Crippen LogP contribution is -2.16. The average molecular weight is 426 g/mol. The van der Waals surface area contributed by atoms with Crippen molar-refractivity contribution in [1.29, 1.82) is 0 Å². The summed E-state index contributed by atoms with van der Waals surface area (Å²) in [6.45, 7) is -0.0921. The van der Waals surface area contributed by atoms with Crippen molar-refractivity contribution >= 4 is 17.5 Å². The van der Waals surface area contributed by atoms with Gasteiger partial charge in [0.1, 0.15) is 11.5 Å². The summed E-state index contributed by atoms with van der Waals surface area (Å²) in [5, 5.41) is 8.28. The molecule has 0 radical (unpaired) electrons. The number of amides is 1. The fraction of sp³-hybridized carbons (Fsp3) is 0.333. The monoisotopic (exact) mass is 425 g/mol. The first-order valence-corrected chi connectivity index (χ1v) is 9.12. The molecule has 4 rings (SSSR count). The smallest absolute Gasteiger partial charge is 0.280 e. The first-order valence-electron chi connectivity index (χ1n) is 8.74. The minimum absolute atomic E-state index is 0.0377. The minimum Gasteiger partial charge on any atom is -0.370 e. The summed E-state index contributed by atoms with van der Waals surface area (Å²) >= 11 is 6.18. The van der Waals surface area contributed by atoms with Gasteiger partial charge in [-0.05, 0) is 36.6 Å². The largest absolute Gasteiger partial charge is 0.370 e. The van der Waals surface area contributed by atoms with Crippen molar-refractivity contribution < 1.29 is 22.5 Å². The van der Waals surface area contributed by atoms with Crippen LogP contribution in [0.3, 0.4) is 0 Å². The Morgan fingerprint density at radius 2 is 2.10 bits per heavy atom. The predicted molar refractivity (Wildman–Crippen MR) is 95.7 cm³/mol. The van der Waals surface area contributed by atoms with Crippen molar-refractivity contribution in [3.8, 4) is 11.6 Å². The predicted octanol–water partition coefficient (Wildman–Crippen LogP) is 3.62. The molecule has 0 unspecified atom stereocenters. The molecule has 0 atom stereocenters. The number of halogens is 4. The van der Waals surface area contributed by atoms with Gasteiger partial charge in [0.2, 0.25) is 5.91 Å². The number of aryl methyl sites for hydroxylation is 1. The van der Waals surface area contributed by atoms with Crippen molar-refractivity contribution in [1.82, 2.24) is 19.9 Å². The highest BCUT2D eigenvalue weighted by molar-refractivity contribution is 6.31. The highest BCUT2D eigenvalue weighted by atomic mass is 35.5. The van der Waals surface area contributed by atoms with E-state index in [9.17, 15) is 18.0 Å². The molecule has 2 aromatic heterocycles. The third-order valence-corrected chi connectivity index (χ3v) is 5.19. The van der Waals surface area contributed by atoms with Crippen LogP contribution in [-0.2, 0) is 16.8 Å². The molecule has 11 heteroatoms. The Morgan fingerprint density at radius 1 is 1.34 bits per heavy atom. The van der Waals surface area contributed by atoms with E-state index >= 15 is 0 Å². The molecule has 152 valence electrons. The first kappa shape index (κ1) is 19.4. The van der Waals surface area contributed by atoms with Crippen molar-refractivity contribution in [3.05, 3.63) is 52.2 Å². The summed E-state index contributed by atoms with van der Waals surface area (Å²) in [5.41, 5.74) is 4.82. The molecule has 1 aromatic carbocycles. The zero-order chi connectivity index (χ0) is 20.8. The van der Waals surface area contributed by atoms with E-state index in [0.717, 1.165) is 10.7 Å². The summed E-state index contributed by atoms with van der Waals surface area (Å²) in [6, 6.07) is 5.23. The minimum atomic E-state index is -2.81. The lowest BCUT2D eigenvalue weighted by molar-refractivity contribution is -0.118. The van der Waals surface area contributed by atoms with Gasteiger partial charge in [0.05, 0.1) is 12.0 Å². The molecule has 2 heterocycles. The van der Waals surface area contributed by atoms with E-state index in [1.54, 1.807) is 6.07 Å². The Kier molecular flexibility index (Phi) is 4.81. The molecular weight excluding hydrogens is 411 g/mol. The van der Waals surface area contributed by atoms with Gasteiger partial charge >= 0.3 is 0 Å². The summed E-state index contributed by atoms with van der Waals surface area (Å²) in [6.07, 6.45) is -1.57. The molecule has 7 nitrogen and oxygen atoms in total. The van der Waals surface area contributed by atoms with E-state index in [4.69, 9.17) is 21.9 Å². The highest BCUT2D eigenvalue weighted by Crippen LogP contribution is 2.54. The molecule has 1 aliphatic carbocycles. The molecule has 3 aromatic rings. The van der Waals surface area contributed by atoms with Gasteiger partial charge in [0.25, 0.3) is 12.3 Å². The van der Waals surface area contributed by atoms with Crippen molar-refractivity contribution in [2.24, 2.45) is 5.73 Å². The molecule has 0 aliphatic heterocycles. The van der Waals surface area contributed by atoms with Crippen LogP contribution in [0.1, 0.15) is 42.8 Å². The number of nitrogens with zero attached hydrogens (tertiary/aromatic N) is 4. The zero-order valence-corrected chi connectivity index (χ0v) is 15.7. The number of rotatable bonds is 7. The second-order valence-electron chi connectivity index (χ2n) is 6.82. The van der Waals surface area contributed by atoms with Gasteiger partial charge in [0, 0.05) is 11.4 Å². The fourth-order valence-corrected chi connectivity index (χ4v) is 3.59. The number of aromatic nitrogens is 4. The van der Waals surface area contributed by atoms with Crippen LogP contribution in [0.5, 0.6) is 0 Å². The zero-order valence-electron chi connectivity index (χ0n) is 14.9. The molecule has 0 bridgehead atoms. The SMILES string of the molecule is NC(=O)CCn1nc(-c2nc(C3(c4ccc(F)cc4Cl)CC3)no2)cc1C(F)F. The maximum atomic E-state index is 13.4. The summed E-state index contributed by atoms with van der Waals surface area (Å²) in [7, 11) is 0. The standard InChI is InChI=1S/C18H15ClF3N5O2/c19-11-7-9(20)1-2-10(11)18(4-5-18)17-24-16(29-26-17)12-8-13(15(21)22)27(25-12)6-3-14(23)28/h1-2,7-8,15H,3-6H2,(H2,23,28). The molecule has 1 fully saturated rings. The lowest BCUT2D eigenvalue weighted by atomic mass is 9.95. The Bertz CT molecular complexity index is 1080. The van der Waals surface area contributed by atoms with Crippen LogP contribution in [0.25, 0.3) is 11.6 Å². The van der Waals surface area contributed by atoms with Crippen LogP contribution < -0.4 is 5.73 Å². The normalized spacial score (nSPS) is 15.1. The highest BCUT2D eigenvalue weighted by Gasteiger charge is 2.51. The van der Waals surface area contributed by atoms with Gasteiger partial charge in [-0.2, -0.15) is 10.1 Å². The molecule has 1 amide bonds. The summed E-state index contributed by atoms with van der Waals surface area (Å²) < 4.78 is 46.2. The van der Waals surface area contributed by atoms with Gasteiger partial charge in [-0.3, -0.25) is 9.48 Å². The van der Waals surface area contributed by atoms with Gasteiger partial charge in [-0.25, -0.2) is 13.2 Å². The van der Waals surface area contributed by atoms with Gasteiger partial charge < -0.3 is 10.3 Å². The molecule has 2 N–H and O–H groups in total. The van der Waals surface area contributed by atoms with Crippen LogP contribution in [0, 0.1) is 5.82 Å². The van der Waals surface area contributed by atoms with Crippen LogP contribution in [-0.4, -0.2) is 25.8 Å². The topological polar surface area (TPSA) is 99.8 Å². The second kappa shape index (κ2) is 7.18. The Labute approximate surface area is 167 Å². The van der Waals surface area contributed by atoms with Crippen molar-refractivity contribution in [2.45, 2.75) is 37.6 Å². The number of nitrogens with two attached hydrogens (primary N) is 1. The molecule has 0 saturated heterocycles. The molecular formula is C18H15ClF3N5O2. The fourth-order valence-electron chi connectivity index (χ4n) is 3.24. The third kappa shape index (κ3) is 3.59. The third-order valence-electron chi connectivity index (χ3n) is 4.87. The van der Waals surface area contributed by atoms with E-state index in [1.165, 1.54) is 12.1 Å². The number of hydrogen-bond donors (Lipinski definition) is 1. The number of carbonyl (C=O) groups excluding carboxylic acids is 1. The van der Waals surface area contributed by atoms with E-state index in [0.29, 0.717) is 24.2 Å². The van der Waals surface area contributed by atoms with E-state index in [2.05, 4.69) is 15.2 Å². The van der Waals surface area contributed by atoms with Crippen LogP contribution in [0.2, 0.25) is 5.02 Å². The van der Waals surface area contributed by atoms with Crippen LogP contribution in [0.15, 0.2) is 28.8 Å². The molecule has 1 aliphatic rings. The lowest BCUT2D eigenvalue weighted by Gasteiger charge is -2.12. The van der Waals surface area contributed by atoms with E-state index < -0.39 is 23.6 Å². The number of carbonyl (C=O) groups is 1. The Balaban J connectivity index is 1.66. The molecule has 0 spiro atoms. The van der Waals surface area contributed by atoms with E-state index in [1.807, 2.05) is 0 Å². The van der Waals surface area contributed by atoms with Gasteiger partial charge in [0.15, 0.2) is 11.5 Å². The maximum absolute atomic E-state index is 13.4. The number of alkyl halides is 2. The molecule has 1 saturated carbocycles. The summed E-state index contributed by atoms with van der Waals surface area (Å²) in [5.74, 6) is -0.797. The maximum Gasteiger partial charge on any atom is 0.280 e. The van der Waals surface area contributed by atoms with Crippen molar-refractivity contribution in [3.63, 3.8) is 0 Å². The Morgan fingerprint density at radius 3 is 2.72 bits per heavy atom. The van der Waals surface area contributed by atoms with E-state index in [-0.39, 0.29) is 35.3 Å². The van der Waals surface area contributed by atoms with Crippen LogP contribution >= 0.6 is 11.6 Å². The summed E-state index contributed by atoms with van der Waals surface area (Å²) in [4.78, 5) is 15.3. The van der Waals surface area contributed by atoms with Crippen LogP contribution in [0.4, 0.5) is 13.2 Å². The quantitative estimate of drug-likeness (QED) is 0.623. The average Bonchev–Trinajstić information content (AvgIpc) is 3.12. The number of benzene rings is 1. The second-order valence-corrected chi connectivity index (χ2v) is 7.23. The first-order chi connectivity index (χ1) is 13.8.